The summed E-state index contributed by atoms with van der Waals surface area (Å²) in [6.45, 7) is 9.96. The third kappa shape index (κ3) is 30.2. The Bertz CT molecular complexity index is 288. The van der Waals surface area contributed by atoms with Gasteiger partial charge in [-0.1, -0.05) is 117 Å². The number of carbonyl (C=O) groups excluding carboxylic acids is 1. The Morgan fingerprint density at radius 2 is 1.07 bits per heavy atom. The van der Waals surface area contributed by atoms with E-state index in [-0.39, 0.29) is 5.91 Å². The zero-order valence-corrected chi connectivity index (χ0v) is 20.0. The van der Waals surface area contributed by atoms with Gasteiger partial charge < -0.3 is 11.1 Å². The maximum Gasteiger partial charge on any atom is 0.217 e. The average molecular weight is 399 g/mol. The van der Waals surface area contributed by atoms with E-state index in [0.29, 0.717) is 12.5 Å². The fourth-order valence-corrected chi connectivity index (χ4v) is 3.55. The first kappa shape index (κ1) is 29.6. The highest BCUT2D eigenvalue weighted by atomic mass is 16.1. The summed E-state index contributed by atoms with van der Waals surface area (Å²) >= 11 is 0. The SMILES string of the molecule is CCCC(C)NCC.CCCCCCCCCCCCCCCCCC(N)=O. The summed E-state index contributed by atoms with van der Waals surface area (Å²) in [7, 11) is 0. The van der Waals surface area contributed by atoms with Crippen LogP contribution in [0.4, 0.5) is 0 Å². The van der Waals surface area contributed by atoms with Crippen molar-refractivity contribution >= 4 is 5.91 Å². The number of primary amides is 1. The number of unbranched alkanes of at least 4 members (excludes halogenated alkanes) is 14. The lowest BCUT2D eigenvalue weighted by molar-refractivity contribution is -0.118. The molecule has 1 unspecified atom stereocenters. The van der Waals surface area contributed by atoms with Crippen molar-refractivity contribution in [1.29, 1.82) is 0 Å². The van der Waals surface area contributed by atoms with Gasteiger partial charge in [-0.05, 0) is 26.3 Å². The van der Waals surface area contributed by atoms with Crippen LogP contribution in [0, 0.1) is 0 Å². The van der Waals surface area contributed by atoms with Gasteiger partial charge in [0, 0.05) is 12.5 Å². The van der Waals surface area contributed by atoms with Crippen molar-refractivity contribution in [3.05, 3.63) is 0 Å². The summed E-state index contributed by atoms with van der Waals surface area (Å²) in [4.78, 5) is 10.6. The first-order valence-electron chi connectivity index (χ1n) is 12.6. The smallest absolute Gasteiger partial charge is 0.217 e. The van der Waals surface area contributed by atoms with Gasteiger partial charge in [0.25, 0.3) is 0 Å². The fraction of sp³-hybridized carbons (Fsp3) is 0.960. The Hall–Kier alpha value is -0.570. The van der Waals surface area contributed by atoms with Crippen LogP contribution in [0.2, 0.25) is 0 Å². The standard InChI is InChI=1S/C18H37NO.C7H17N/c1-2-3-4-5-6-7-8-9-10-11-12-13-14-15-16-17-18(19)20;1-4-6-7(3)8-5-2/h2-17H2,1H3,(H2,19,20);7-8H,4-6H2,1-3H3. The lowest BCUT2D eigenvalue weighted by Crippen LogP contribution is -2.24. The quantitative estimate of drug-likeness (QED) is 0.208. The summed E-state index contributed by atoms with van der Waals surface area (Å²) in [6, 6.07) is 0.713. The predicted molar refractivity (Wildman–Crippen MR) is 127 cm³/mol. The van der Waals surface area contributed by atoms with Crippen LogP contribution in [0.1, 0.15) is 143 Å². The van der Waals surface area contributed by atoms with Crippen LogP contribution in [0.25, 0.3) is 0 Å². The van der Waals surface area contributed by atoms with E-state index >= 15 is 0 Å². The number of amides is 1. The van der Waals surface area contributed by atoms with Crippen LogP contribution in [0.5, 0.6) is 0 Å². The molecule has 0 radical (unpaired) electrons. The molecule has 0 saturated heterocycles. The predicted octanol–water partition coefficient (Wildman–Crippen LogP) is 7.52. The second-order valence-electron chi connectivity index (χ2n) is 8.41. The van der Waals surface area contributed by atoms with Gasteiger partial charge in [-0.15, -0.1) is 0 Å². The van der Waals surface area contributed by atoms with Gasteiger partial charge in [0.15, 0.2) is 0 Å². The van der Waals surface area contributed by atoms with Crippen LogP contribution < -0.4 is 11.1 Å². The van der Waals surface area contributed by atoms with E-state index < -0.39 is 0 Å². The molecule has 0 fully saturated rings. The minimum atomic E-state index is -0.153. The molecule has 0 saturated carbocycles. The maximum atomic E-state index is 10.6. The van der Waals surface area contributed by atoms with Gasteiger partial charge in [-0.2, -0.15) is 0 Å². The molecular formula is C25H54N2O. The van der Waals surface area contributed by atoms with Gasteiger partial charge in [-0.3, -0.25) is 4.79 Å². The Morgan fingerprint density at radius 1 is 0.679 bits per heavy atom. The van der Waals surface area contributed by atoms with Crippen molar-refractivity contribution in [2.75, 3.05) is 6.54 Å². The molecule has 0 aromatic carbocycles. The number of hydrogen-bond donors (Lipinski definition) is 2. The lowest BCUT2D eigenvalue weighted by atomic mass is 10.0. The van der Waals surface area contributed by atoms with E-state index in [1.54, 1.807) is 0 Å². The van der Waals surface area contributed by atoms with Crippen LogP contribution in [0.3, 0.4) is 0 Å². The van der Waals surface area contributed by atoms with Crippen molar-refractivity contribution in [2.45, 2.75) is 149 Å². The molecule has 0 rings (SSSR count). The zero-order valence-electron chi connectivity index (χ0n) is 20.0. The summed E-state index contributed by atoms with van der Waals surface area (Å²) in [6.07, 6.45) is 23.5. The molecule has 3 N–H and O–H groups in total. The minimum absolute atomic E-state index is 0.153. The van der Waals surface area contributed by atoms with Gasteiger partial charge in [0.05, 0.1) is 0 Å². The minimum Gasteiger partial charge on any atom is -0.370 e. The van der Waals surface area contributed by atoms with Crippen LogP contribution in [-0.4, -0.2) is 18.5 Å². The molecule has 3 nitrogen and oxygen atoms in total. The van der Waals surface area contributed by atoms with E-state index in [0.717, 1.165) is 13.0 Å². The number of hydrogen-bond acceptors (Lipinski definition) is 2. The average Bonchev–Trinajstić information content (AvgIpc) is 2.65. The monoisotopic (exact) mass is 398 g/mol. The maximum absolute atomic E-state index is 10.6. The van der Waals surface area contributed by atoms with E-state index in [9.17, 15) is 4.79 Å². The van der Waals surface area contributed by atoms with E-state index in [1.165, 1.54) is 103 Å². The summed E-state index contributed by atoms with van der Waals surface area (Å²) in [5.74, 6) is -0.153. The topological polar surface area (TPSA) is 55.1 Å². The molecule has 170 valence electrons. The number of carbonyl (C=O) groups is 1. The van der Waals surface area contributed by atoms with Gasteiger partial charge in [-0.25, -0.2) is 0 Å². The molecule has 28 heavy (non-hydrogen) atoms. The van der Waals surface area contributed by atoms with Gasteiger partial charge in [0.2, 0.25) is 5.91 Å². The molecule has 0 aliphatic rings. The summed E-state index contributed by atoms with van der Waals surface area (Å²) < 4.78 is 0. The van der Waals surface area contributed by atoms with Crippen LogP contribution in [-0.2, 0) is 4.79 Å². The Morgan fingerprint density at radius 3 is 1.39 bits per heavy atom. The Labute approximate surface area is 178 Å². The molecule has 1 atom stereocenters. The highest BCUT2D eigenvalue weighted by Crippen LogP contribution is 2.13. The molecule has 0 aliphatic heterocycles. The van der Waals surface area contributed by atoms with Gasteiger partial charge >= 0.3 is 0 Å². The lowest BCUT2D eigenvalue weighted by Gasteiger charge is -2.08. The normalized spacial score (nSPS) is 11.7. The molecule has 0 spiro atoms. The van der Waals surface area contributed by atoms with E-state index in [1.807, 2.05) is 0 Å². The number of nitrogens with one attached hydrogen (secondary N) is 1. The van der Waals surface area contributed by atoms with Crippen LogP contribution >= 0.6 is 0 Å². The van der Waals surface area contributed by atoms with E-state index in [4.69, 9.17) is 5.73 Å². The zero-order chi connectivity index (χ0) is 21.3. The molecule has 0 heterocycles. The molecule has 3 heteroatoms. The van der Waals surface area contributed by atoms with E-state index in [2.05, 4.69) is 33.0 Å². The first-order chi connectivity index (χ1) is 13.6. The highest BCUT2D eigenvalue weighted by molar-refractivity contribution is 5.73. The second kappa shape index (κ2) is 26.4. The molecular weight excluding hydrogens is 344 g/mol. The van der Waals surface area contributed by atoms with Crippen molar-refractivity contribution in [1.82, 2.24) is 5.32 Å². The summed E-state index contributed by atoms with van der Waals surface area (Å²) in [5, 5.41) is 3.35. The number of rotatable bonds is 20. The van der Waals surface area contributed by atoms with Crippen molar-refractivity contribution in [3.63, 3.8) is 0 Å². The Kier molecular flexibility index (Phi) is 28.0. The third-order valence-corrected chi connectivity index (χ3v) is 5.30. The van der Waals surface area contributed by atoms with Crippen LogP contribution in [0.15, 0.2) is 0 Å². The number of nitrogens with two attached hydrogens (primary N) is 1. The summed E-state index contributed by atoms with van der Waals surface area (Å²) in [5.41, 5.74) is 5.11. The van der Waals surface area contributed by atoms with Crippen molar-refractivity contribution in [3.8, 4) is 0 Å². The first-order valence-corrected chi connectivity index (χ1v) is 12.6. The van der Waals surface area contributed by atoms with Crippen molar-refractivity contribution in [2.24, 2.45) is 5.73 Å². The Balaban J connectivity index is 0. The van der Waals surface area contributed by atoms with Crippen molar-refractivity contribution < 1.29 is 4.79 Å². The fourth-order valence-electron chi connectivity index (χ4n) is 3.55. The largest absolute Gasteiger partial charge is 0.370 e. The molecule has 0 aromatic heterocycles. The molecule has 0 aliphatic carbocycles. The third-order valence-electron chi connectivity index (χ3n) is 5.30. The second-order valence-corrected chi connectivity index (χ2v) is 8.41. The molecule has 1 amide bonds. The molecule has 0 bridgehead atoms. The highest BCUT2D eigenvalue weighted by Gasteiger charge is 1.96. The molecule has 0 aromatic rings. The van der Waals surface area contributed by atoms with Gasteiger partial charge in [0.1, 0.15) is 0 Å².